The van der Waals surface area contributed by atoms with Crippen LogP contribution in [0, 0.1) is 21.8 Å². The van der Waals surface area contributed by atoms with Crippen LogP contribution in [0.5, 0.6) is 5.75 Å². The van der Waals surface area contributed by atoms with E-state index in [-0.39, 0.29) is 5.75 Å². The summed E-state index contributed by atoms with van der Waals surface area (Å²) in [5.41, 5.74) is -0.586. The molecule has 0 spiro atoms. The third-order valence-corrected chi connectivity index (χ3v) is 2.32. The predicted octanol–water partition coefficient (Wildman–Crippen LogP) is 3.55. The first-order valence-electron chi connectivity index (χ1n) is 5.58. The van der Waals surface area contributed by atoms with E-state index in [1.807, 2.05) is 0 Å². The molecule has 1 aromatic rings. The van der Waals surface area contributed by atoms with Crippen molar-refractivity contribution in [1.82, 2.24) is 0 Å². The van der Waals surface area contributed by atoms with Gasteiger partial charge in [-0.15, -0.1) is 0 Å². The average molecular weight is 241 g/mol. The third-order valence-electron chi connectivity index (χ3n) is 2.32. The maximum absolute atomic E-state index is 13.2. The second-order valence-electron chi connectivity index (χ2n) is 4.23. The highest BCUT2D eigenvalue weighted by molar-refractivity contribution is 5.47. The van der Waals surface area contributed by atoms with Gasteiger partial charge in [-0.3, -0.25) is 10.1 Å². The molecule has 94 valence electrons. The molecule has 0 N–H and O–H groups in total. The van der Waals surface area contributed by atoms with Crippen LogP contribution in [0.1, 0.15) is 26.7 Å². The number of benzene rings is 1. The van der Waals surface area contributed by atoms with Crippen molar-refractivity contribution >= 4 is 5.69 Å². The van der Waals surface area contributed by atoms with Crippen molar-refractivity contribution in [2.75, 3.05) is 6.61 Å². The lowest BCUT2D eigenvalue weighted by atomic mass is 10.1. The highest BCUT2D eigenvalue weighted by Gasteiger charge is 2.20. The van der Waals surface area contributed by atoms with Crippen molar-refractivity contribution in [3.63, 3.8) is 0 Å². The smallest absolute Gasteiger partial charge is 0.346 e. The summed E-state index contributed by atoms with van der Waals surface area (Å²) >= 11 is 0. The number of nitro benzene ring substituents is 1. The van der Waals surface area contributed by atoms with Crippen molar-refractivity contribution < 1.29 is 14.1 Å². The summed E-state index contributed by atoms with van der Waals surface area (Å²) in [5, 5.41) is 10.7. The van der Waals surface area contributed by atoms with E-state index in [0.717, 1.165) is 18.9 Å². The first kappa shape index (κ1) is 13.4. The average Bonchev–Trinajstić information content (AvgIpc) is 2.23. The zero-order valence-corrected chi connectivity index (χ0v) is 9.98. The van der Waals surface area contributed by atoms with Gasteiger partial charge in [-0.05, 0) is 30.9 Å². The molecule has 1 rings (SSSR count). The van der Waals surface area contributed by atoms with Gasteiger partial charge in [-0.2, -0.15) is 4.39 Å². The Hall–Kier alpha value is -1.65. The molecule has 0 aliphatic carbocycles. The third kappa shape index (κ3) is 4.01. The summed E-state index contributed by atoms with van der Waals surface area (Å²) in [7, 11) is 0. The molecule has 0 saturated heterocycles. The fourth-order valence-electron chi connectivity index (χ4n) is 1.46. The van der Waals surface area contributed by atoms with Gasteiger partial charge in [-0.25, -0.2) is 0 Å². The van der Waals surface area contributed by atoms with Gasteiger partial charge in [0.2, 0.25) is 5.82 Å². The Morgan fingerprint density at radius 2 is 2.18 bits per heavy atom. The fourth-order valence-corrected chi connectivity index (χ4v) is 1.46. The summed E-state index contributed by atoms with van der Waals surface area (Å²) in [6.07, 6.45) is 1.77. The van der Waals surface area contributed by atoms with Gasteiger partial charge in [0.1, 0.15) is 0 Å². The lowest BCUT2D eigenvalue weighted by Gasteiger charge is -2.08. The minimum atomic E-state index is -0.864. The lowest BCUT2D eigenvalue weighted by molar-refractivity contribution is -0.388. The number of rotatable bonds is 6. The first-order valence-corrected chi connectivity index (χ1v) is 5.58. The highest BCUT2D eigenvalue weighted by Crippen LogP contribution is 2.29. The molecule has 0 atom stereocenters. The van der Waals surface area contributed by atoms with Crippen molar-refractivity contribution in [2.45, 2.75) is 26.7 Å². The maximum atomic E-state index is 13.2. The first-order chi connectivity index (χ1) is 8.02. The molecular weight excluding hydrogens is 225 g/mol. The summed E-state index contributed by atoms with van der Waals surface area (Å²) in [4.78, 5) is 9.91. The van der Waals surface area contributed by atoms with E-state index in [1.165, 1.54) is 12.1 Å². The molecule has 0 aliphatic heterocycles. The Bertz CT molecular complexity index is 393. The van der Waals surface area contributed by atoms with Crippen LogP contribution in [-0.2, 0) is 0 Å². The molecule has 0 aromatic heterocycles. The van der Waals surface area contributed by atoms with Crippen LogP contribution in [0.25, 0.3) is 0 Å². The van der Waals surface area contributed by atoms with Crippen LogP contribution in [0.4, 0.5) is 10.1 Å². The van der Waals surface area contributed by atoms with Crippen LogP contribution in [0.2, 0.25) is 0 Å². The molecule has 0 radical (unpaired) electrons. The van der Waals surface area contributed by atoms with Gasteiger partial charge in [-0.1, -0.05) is 19.9 Å². The van der Waals surface area contributed by atoms with Gasteiger partial charge < -0.3 is 4.74 Å². The molecule has 0 bridgehead atoms. The monoisotopic (exact) mass is 241 g/mol. The van der Waals surface area contributed by atoms with E-state index in [1.54, 1.807) is 0 Å². The highest BCUT2D eigenvalue weighted by atomic mass is 19.1. The van der Waals surface area contributed by atoms with Gasteiger partial charge in [0, 0.05) is 0 Å². The van der Waals surface area contributed by atoms with Gasteiger partial charge in [0.05, 0.1) is 11.5 Å². The zero-order chi connectivity index (χ0) is 12.8. The molecule has 1 aromatic carbocycles. The van der Waals surface area contributed by atoms with Crippen LogP contribution in [-0.4, -0.2) is 11.5 Å². The second kappa shape index (κ2) is 6.18. The van der Waals surface area contributed by atoms with Crippen LogP contribution < -0.4 is 4.74 Å². The molecular formula is C12H16FNO3. The van der Waals surface area contributed by atoms with Crippen molar-refractivity contribution in [3.05, 3.63) is 34.1 Å². The van der Waals surface area contributed by atoms with E-state index >= 15 is 0 Å². The van der Waals surface area contributed by atoms with Crippen molar-refractivity contribution in [3.8, 4) is 5.75 Å². The number of para-hydroxylation sites is 1. The summed E-state index contributed by atoms with van der Waals surface area (Å²) < 4.78 is 18.5. The number of nitrogens with zero attached hydrogens (tertiary/aromatic N) is 1. The van der Waals surface area contributed by atoms with Gasteiger partial charge in [0.15, 0.2) is 5.75 Å². The van der Waals surface area contributed by atoms with Crippen LogP contribution >= 0.6 is 0 Å². The molecule has 0 heterocycles. The molecule has 5 heteroatoms. The molecule has 17 heavy (non-hydrogen) atoms. The minimum absolute atomic E-state index is 0.00115. The Labute approximate surface area is 99.6 Å². The number of hydrogen-bond acceptors (Lipinski definition) is 3. The summed E-state index contributed by atoms with van der Waals surface area (Å²) in [6.45, 7) is 4.54. The van der Waals surface area contributed by atoms with E-state index in [0.29, 0.717) is 12.5 Å². The SMILES string of the molecule is CC(C)CCCOc1cccc(F)c1[N+](=O)[O-]. The Morgan fingerprint density at radius 3 is 2.76 bits per heavy atom. The van der Waals surface area contributed by atoms with Crippen molar-refractivity contribution in [2.24, 2.45) is 5.92 Å². The number of halogens is 1. The standard InChI is InChI=1S/C12H16FNO3/c1-9(2)5-4-8-17-11-7-3-6-10(13)12(11)14(15)16/h3,6-7,9H,4-5,8H2,1-2H3. The Kier molecular flexibility index (Phi) is 4.87. The van der Waals surface area contributed by atoms with Crippen molar-refractivity contribution in [1.29, 1.82) is 0 Å². The van der Waals surface area contributed by atoms with Crippen LogP contribution in [0.15, 0.2) is 18.2 Å². The molecule has 0 unspecified atom stereocenters. The molecule has 0 amide bonds. The fraction of sp³-hybridized carbons (Fsp3) is 0.500. The quantitative estimate of drug-likeness (QED) is 0.434. The maximum Gasteiger partial charge on any atom is 0.346 e. The van der Waals surface area contributed by atoms with E-state index in [9.17, 15) is 14.5 Å². The molecule has 0 fully saturated rings. The molecule has 0 aliphatic rings. The largest absolute Gasteiger partial charge is 0.487 e. The summed E-state index contributed by atoms with van der Waals surface area (Å²) in [6, 6.07) is 3.87. The predicted molar refractivity (Wildman–Crippen MR) is 62.6 cm³/mol. The second-order valence-corrected chi connectivity index (χ2v) is 4.23. The van der Waals surface area contributed by atoms with E-state index in [2.05, 4.69) is 13.8 Å². The topological polar surface area (TPSA) is 52.4 Å². The van der Waals surface area contributed by atoms with E-state index < -0.39 is 16.4 Å². The minimum Gasteiger partial charge on any atom is -0.487 e. The molecule has 0 saturated carbocycles. The Morgan fingerprint density at radius 1 is 1.47 bits per heavy atom. The number of hydrogen-bond donors (Lipinski definition) is 0. The normalized spacial score (nSPS) is 10.6. The lowest BCUT2D eigenvalue weighted by Crippen LogP contribution is -2.03. The van der Waals surface area contributed by atoms with Crippen LogP contribution in [0.3, 0.4) is 0 Å². The van der Waals surface area contributed by atoms with Gasteiger partial charge in [0.25, 0.3) is 0 Å². The molecule has 4 nitrogen and oxygen atoms in total. The zero-order valence-electron chi connectivity index (χ0n) is 9.98. The van der Waals surface area contributed by atoms with E-state index in [4.69, 9.17) is 4.74 Å². The van der Waals surface area contributed by atoms with Gasteiger partial charge >= 0.3 is 5.69 Å². The summed E-state index contributed by atoms with van der Waals surface area (Å²) in [5.74, 6) is -0.309. The Balaban J connectivity index is 2.64. The number of nitro groups is 1. The number of ether oxygens (including phenoxy) is 1.